The van der Waals surface area contributed by atoms with Gasteiger partial charge in [0.1, 0.15) is 0 Å². The van der Waals surface area contributed by atoms with Crippen molar-refractivity contribution >= 4 is 42.6 Å². The number of aromatic nitrogens is 1. The van der Waals surface area contributed by atoms with Gasteiger partial charge in [0.15, 0.2) is 5.13 Å². The molecule has 2 aromatic carbocycles. The van der Waals surface area contributed by atoms with Crippen molar-refractivity contribution in [2.45, 2.75) is 57.8 Å². The van der Waals surface area contributed by atoms with Crippen molar-refractivity contribution in [1.29, 1.82) is 0 Å². The first kappa shape index (κ1) is 24.4. The van der Waals surface area contributed by atoms with Crippen molar-refractivity contribution in [3.05, 3.63) is 53.6 Å². The van der Waals surface area contributed by atoms with Gasteiger partial charge in [-0.05, 0) is 55.2 Å². The molecule has 0 atom stereocenters. The van der Waals surface area contributed by atoms with Crippen LogP contribution in [0.4, 0.5) is 5.13 Å². The van der Waals surface area contributed by atoms with E-state index in [1.165, 1.54) is 23.5 Å². The lowest BCUT2D eigenvalue weighted by molar-refractivity contribution is 0.102. The zero-order valence-corrected chi connectivity index (χ0v) is 20.6. The number of fused-ring (bicyclic) bond motifs is 1. The van der Waals surface area contributed by atoms with E-state index in [0.29, 0.717) is 23.8 Å². The van der Waals surface area contributed by atoms with Gasteiger partial charge in [0.2, 0.25) is 10.0 Å². The second kappa shape index (κ2) is 11.0. The number of carbonyl (C=O) groups excluding carboxylic acids is 1. The number of sulfonamides is 1. The topological polar surface area (TPSA) is 79.4 Å². The minimum atomic E-state index is -3.58. The molecule has 172 valence electrons. The van der Waals surface area contributed by atoms with Gasteiger partial charge in [-0.1, -0.05) is 57.1 Å². The Kier molecular flexibility index (Phi) is 8.39. The molecular weight excluding hydrogens is 442 g/mol. The molecule has 6 nitrogen and oxygen atoms in total. The van der Waals surface area contributed by atoms with Crippen LogP contribution in [0.25, 0.3) is 10.2 Å². The molecule has 0 aliphatic rings. The van der Waals surface area contributed by atoms with Crippen molar-refractivity contribution in [2.24, 2.45) is 0 Å². The van der Waals surface area contributed by atoms with Gasteiger partial charge in [-0.3, -0.25) is 10.1 Å². The molecule has 0 saturated carbocycles. The van der Waals surface area contributed by atoms with Gasteiger partial charge in [-0.25, -0.2) is 13.4 Å². The Morgan fingerprint density at radius 1 is 1.00 bits per heavy atom. The quantitative estimate of drug-likeness (QED) is 0.387. The summed E-state index contributed by atoms with van der Waals surface area (Å²) in [6, 6.07) is 12.2. The fourth-order valence-corrected chi connectivity index (χ4v) is 5.89. The highest BCUT2D eigenvalue weighted by atomic mass is 32.2. The number of carbonyl (C=O) groups is 1. The molecule has 1 N–H and O–H groups in total. The predicted molar refractivity (Wildman–Crippen MR) is 132 cm³/mol. The molecular formula is C24H31N3O3S2. The van der Waals surface area contributed by atoms with Crippen molar-refractivity contribution in [1.82, 2.24) is 9.29 Å². The zero-order valence-electron chi connectivity index (χ0n) is 18.9. The van der Waals surface area contributed by atoms with E-state index in [1.807, 2.05) is 32.0 Å². The Labute approximate surface area is 194 Å². The van der Waals surface area contributed by atoms with Gasteiger partial charge in [-0.2, -0.15) is 4.31 Å². The maximum Gasteiger partial charge on any atom is 0.257 e. The summed E-state index contributed by atoms with van der Waals surface area (Å²) < 4.78 is 28.8. The Bertz CT molecular complexity index is 1150. The number of hydrogen-bond acceptors (Lipinski definition) is 5. The molecule has 32 heavy (non-hydrogen) atoms. The molecule has 0 unspecified atom stereocenters. The summed E-state index contributed by atoms with van der Waals surface area (Å²) in [6.45, 7) is 7.20. The van der Waals surface area contributed by atoms with Crippen LogP contribution in [-0.2, 0) is 16.4 Å². The van der Waals surface area contributed by atoms with Crippen LogP contribution in [-0.4, -0.2) is 36.7 Å². The molecule has 0 radical (unpaired) electrons. The number of hydrogen-bond donors (Lipinski definition) is 1. The van der Waals surface area contributed by atoms with Crippen LogP contribution in [0.15, 0.2) is 47.4 Å². The van der Waals surface area contributed by atoms with Crippen LogP contribution in [0.3, 0.4) is 0 Å². The fourth-order valence-electron chi connectivity index (χ4n) is 3.46. The summed E-state index contributed by atoms with van der Waals surface area (Å²) in [5, 5.41) is 3.38. The number of nitrogens with zero attached hydrogens (tertiary/aromatic N) is 2. The molecule has 0 aliphatic heterocycles. The minimum absolute atomic E-state index is 0.217. The van der Waals surface area contributed by atoms with Crippen molar-refractivity contribution < 1.29 is 13.2 Å². The standard InChI is InChI=1S/C24H31N3O3S2/c1-4-7-16-27(17-8-5-2)32(29,30)20-14-12-19(13-15-20)23(28)26-24-25-22-18(6-3)10-9-11-21(22)31-24/h9-15H,4-8,16-17H2,1-3H3,(H,25,26,28). The first-order chi connectivity index (χ1) is 15.4. The maximum absolute atomic E-state index is 13.1. The summed E-state index contributed by atoms with van der Waals surface area (Å²) in [4.78, 5) is 17.5. The van der Waals surface area contributed by atoms with Gasteiger partial charge < -0.3 is 0 Å². The number of nitrogens with one attached hydrogen (secondary N) is 1. The molecule has 0 aliphatic carbocycles. The lowest BCUT2D eigenvalue weighted by Gasteiger charge is -2.22. The van der Waals surface area contributed by atoms with E-state index < -0.39 is 10.0 Å². The number of benzene rings is 2. The SMILES string of the molecule is CCCCN(CCCC)S(=O)(=O)c1ccc(C(=O)Nc2nc3c(CC)cccc3s2)cc1. The van der Waals surface area contributed by atoms with Gasteiger partial charge in [0.25, 0.3) is 5.91 Å². The highest BCUT2D eigenvalue weighted by molar-refractivity contribution is 7.89. The highest BCUT2D eigenvalue weighted by Crippen LogP contribution is 2.29. The van der Waals surface area contributed by atoms with Crippen molar-refractivity contribution in [3.63, 3.8) is 0 Å². The molecule has 1 amide bonds. The summed E-state index contributed by atoms with van der Waals surface area (Å²) in [6.07, 6.45) is 4.39. The molecule has 1 aromatic heterocycles. The Morgan fingerprint density at radius 2 is 1.66 bits per heavy atom. The van der Waals surface area contributed by atoms with Gasteiger partial charge in [0.05, 0.1) is 15.1 Å². The molecule has 0 bridgehead atoms. The van der Waals surface area contributed by atoms with Crippen molar-refractivity contribution in [3.8, 4) is 0 Å². The predicted octanol–water partition coefficient (Wildman–Crippen LogP) is 5.70. The number of amides is 1. The lowest BCUT2D eigenvalue weighted by atomic mass is 10.1. The third-order valence-electron chi connectivity index (χ3n) is 5.38. The molecule has 8 heteroatoms. The normalized spacial score (nSPS) is 11.9. The molecule has 0 spiro atoms. The minimum Gasteiger partial charge on any atom is -0.298 e. The number of rotatable bonds is 11. The van der Waals surface area contributed by atoms with Gasteiger partial charge in [-0.15, -0.1) is 0 Å². The van der Waals surface area contributed by atoms with Gasteiger partial charge in [0, 0.05) is 18.7 Å². The lowest BCUT2D eigenvalue weighted by Crippen LogP contribution is -2.33. The van der Waals surface area contributed by atoms with Gasteiger partial charge >= 0.3 is 0 Å². The van der Waals surface area contributed by atoms with Crippen LogP contribution in [0.2, 0.25) is 0 Å². The van der Waals surface area contributed by atoms with E-state index in [1.54, 1.807) is 16.4 Å². The highest BCUT2D eigenvalue weighted by Gasteiger charge is 2.24. The molecule has 1 heterocycles. The monoisotopic (exact) mass is 473 g/mol. The fraction of sp³-hybridized carbons (Fsp3) is 0.417. The summed E-state index contributed by atoms with van der Waals surface area (Å²) in [7, 11) is -3.58. The number of para-hydroxylation sites is 1. The Morgan fingerprint density at radius 3 is 2.25 bits per heavy atom. The van der Waals surface area contributed by atoms with E-state index in [0.717, 1.165) is 47.9 Å². The second-order valence-corrected chi connectivity index (χ2v) is 10.7. The molecule has 3 rings (SSSR count). The van der Waals surface area contributed by atoms with Crippen LogP contribution < -0.4 is 5.32 Å². The van der Waals surface area contributed by atoms with E-state index >= 15 is 0 Å². The third-order valence-corrected chi connectivity index (χ3v) is 8.23. The van der Waals surface area contributed by atoms with E-state index in [-0.39, 0.29) is 10.8 Å². The number of aryl methyl sites for hydroxylation is 1. The van der Waals surface area contributed by atoms with Crippen LogP contribution in [0, 0.1) is 0 Å². The Hall–Kier alpha value is -2.29. The second-order valence-electron chi connectivity index (χ2n) is 7.73. The van der Waals surface area contributed by atoms with E-state index in [2.05, 4.69) is 17.2 Å². The summed E-state index contributed by atoms with van der Waals surface area (Å²) in [5.74, 6) is -0.306. The number of unbranched alkanes of at least 4 members (excludes halogenated alkanes) is 2. The maximum atomic E-state index is 13.1. The average molecular weight is 474 g/mol. The third kappa shape index (κ3) is 5.54. The van der Waals surface area contributed by atoms with Crippen molar-refractivity contribution in [2.75, 3.05) is 18.4 Å². The molecule has 0 fully saturated rings. The number of thiazole rings is 1. The summed E-state index contributed by atoms with van der Waals surface area (Å²) >= 11 is 1.43. The average Bonchev–Trinajstić information content (AvgIpc) is 3.21. The Balaban J connectivity index is 1.76. The van der Waals surface area contributed by atoms with E-state index in [9.17, 15) is 13.2 Å². The zero-order chi connectivity index (χ0) is 23.1. The largest absolute Gasteiger partial charge is 0.298 e. The van der Waals surface area contributed by atoms with Crippen LogP contribution in [0.5, 0.6) is 0 Å². The van der Waals surface area contributed by atoms with Crippen LogP contribution in [0.1, 0.15) is 62.4 Å². The smallest absolute Gasteiger partial charge is 0.257 e. The molecule has 3 aromatic rings. The summed E-state index contributed by atoms with van der Waals surface area (Å²) in [5.41, 5.74) is 2.45. The number of anilines is 1. The first-order valence-electron chi connectivity index (χ1n) is 11.2. The van der Waals surface area contributed by atoms with E-state index in [4.69, 9.17) is 0 Å². The van der Waals surface area contributed by atoms with Crippen LogP contribution >= 0.6 is 11.3 Å². The molecule has 0 saturated heterocycles. The first-order valence-corrected chi connectivity index (χ1v) is 13.5.